The molecule has 9 heteroatoms. The Morgan fingerprint density at radius 1 is 1.00 bits per heavy atom. The van der Waals surface area contributed by atoms with Crippen LogP contribution in [0.3, 0.4) is 0 Å². The molecule has 1 fully saturated rings. The quantitative estimate of drug-likeness (QED) is 0.537. The van der Waals surface area contributed by atoms with Crippen molar-refractivity contribution in [3.05, 3.63) is 57.6 Å². The van der Waals surface area contributed by atoms with Crippen LogP contribution in [-0.4, -0.2) is 28.1 Å². The van der Waals surface area contributed by atoms with Gasteiger partial charge in [0.25, 0.3) is 11.8 Å². The number of phenolic OH excluding ortho intramolecular Hbond substituents is 2. The lowest BCUT2D eigenvalue weighted by Crippen LogP contribution is -2.54. The number of carbonyl (C=O) groups is 3. The summed E-state index contributed by atoms with van der Waals surface area (Å²) in [6.07, 6.45) is 1.09. The molecule has 0 bridgehead atoms. The molecule has 4 amide bonds. The maximum atomic E-state index is 12.7. The van der Waals surface area contributed by atoms with Crippen LogP contribution in [0.15, 0.2) is 42.0 Å². The van der Waals surface area contributed by atoms with Gasteiger partial charge in [-0.25, -0.2) is 9.69 Å². The van der Waals surface area contributed by atoms with E-state index >= 15 is 0 Å². The second kappa shape index (κ2) is 6.70. The van der Waals surface area contributed by atoms with Gasteiger partial charge in [-0.05, 0) is 42.5 Å². The Morgan fingerprint density at radius 2 is 1.65 bits per heavy atom. The van der Waals surface area contributed by atoms with Crippen molar-refractivity contribution in [2.45, 2.75) is 0 Å². The van der Waals surface area contributed by atoms with Crippen molar-refractivity contribution >= 4 is 52.8 Å². The fourth-order valence-electron chi connectivity index (χ4n) is 2.35. The highest BCUT2D eigenvalue weighted by Crippen LogP contribution is 2.33. The zero-order valence-electron chi connectivity index (χ0n) is 12.9. The predicted octanol–water partition coefficient (Wildman–Crippen LogP) is 3.07. The Hall–Kier alpha value is -3.03. The molecule has 0 aliphatic carbocycles. The molecule has 132 valence electrons. The average Bonchev–Trinajstić information content (AvgIpc) is 2.57. The monoisotopic (exact) mass is 392 g/mol. The molecule has 7 nitrogen and oxygen atoms in total. The summed E-state index contributed by atoms with van der Waals surface area (Å²) in [4.78, 5) is 37.6. The topological polar surface area (TPSA) is 107 Å². The molecule has 1 aliphatic rings. The molecule has 2 aromatic carbocycles. The highest BCUT2D eigenvalue weighted by molar-refractivity contribution is 6.39. The Balaban J connectivity index is 2.07. The number of halogens is 2. The SMILES string of the molecule is O=C1NC(=O)N(c2ccc(O)cc2)C(=O)/C1=C/c1cc(Cl)cc(Cl)c1O. The third kappa shape index (κ3) is 3.22. The van der Waals surface area contributed by atoms with Gasteiger partial charge in [-0.3, -0.25) is 14.9 Å². The van der Waals surface area contributed by atoms with Crippen LogP contribution in [0, 0.1) is 0 Å². The average molecular weight is 393 g/mol. The number of hydrogen-bond donors (Lipinski definition) is 3. The van der Waals surface area contributed by atoms with E-state index in [-0.39, 0.29) is 32.8 Å². The minimum absolute atomic E-state index is 0.0426. The van der Waals surface area contributed by atoms with Crippen LogP contribution in [0.1, 0.15) is 5.56 Å². The molecule has 0 unspecified atom stereocenters. The number of barbiturate groups is 1. The van der Waals surface area contributed by atoms with Crippen molar-refractivity contribution < 1.29 is 24.6 Å². The first kappa shape index (κ1) is 17.8. The van der Waals surface area contributed by atoms with E-state index in [1.165, 1.54) is 36.4 Å². The van der Waals surface area contributed by atoms with Crippen molar-refractivity contribution in [3.63, 3.8) is 0 Å². The van der Waals surface area contributed by atoms with Crippen LogP contribution in [0.4, 0.5) is 10.5 Å². The van der Waals surface area contributed by atoms with Crippen molar-refractivity contribution in [1.82, 2.24) is 5.32 Å². The lowest BCUT2D eigenvalue weighted by molar-refractivity contribution is -0.122. The lowest BCUT2D eigenvalue weighted by atomic mass is 10.1. The molecule has 0 saturated carbocycles. The summed E-state index contributed by atoms with van der Waals surface area (Å²) in [7, 11) is 0. The van der Waals surface area contributed by atoms with Gasteiger partial charge in [-0.1, -0.05) is 23.2 Å². The van der Waals surface area contributed by atoms with Gasteiger partial charge in [0.15, 0.2) is 0 Å². The minimum Gasteiger partial charge on any atom is -0.508 e. The maximum absolute atomic E-state index is 12.7. The molecule has 0 spiro atoms. The van der Waals surface area contributed by atoms with E-state index in [9.17, 15) is 24.6 Å². The number of phenols is 2. The summed E-state index contributed by atoms with van der Waals surface area (Å²) in [5, 5.41) is 21.5. The summed E-state index contributed by atoms with van der Waals surface area (Å²) in [5.74, 6) is -2.24. The maximum Gasteiger partial charge on any atom is 0.335 e. The van der Waals surface area contributed by atoms with E-state index in [1.807, 2.05) is 5.32 Å². The van der Waals surface area contributed by atoms with E-state index < -0.39 is 23.4 Å². The standard InChI is InChI=1S/C17H10Cl2N2O5/c18-9-5-8(14(23)13(19)7-9)6-12-15(24)20-17(26)21(16(12)25)10-1-3-11(22)4-2-10/h1-7,22-23H,(H,20,24,26)/b12-6+. The van der Waals surface area contributed by atoms with Crippen LogP contribution in [0.2, 0.25) is 10.0 Å². The number of aromatic hydroxyl groups is 2. The molecule has 3 rings (SSSR count). The molecule has 1 heterocycles. The highest BCUT2D eigenvalue weighted by Gasteiger charge is 2.37. The van der Waals surface area contributed by atoms with Crippen molar-refractivity contribution in [3.8, 4) is 11.5 Å². The third-order valence-electron chi connectivity index (χ3n) is 3.57. The Labute approximate surface area is 157 Å². The second-order valence-corrected chi connectivity index (χ2v) is 6.14. The summed E-state index contributed by atoms with van der Waals surface area (Å²) in [6.45, 7) is 0. The van der Waals surface area contributed by atoms with Gasteiger partial charge in [0, 0.05) is 10.6 Å². The van der Waals surface area contributed by atoms with Crippen molar-refractivity contribution in [2.24, 2.45) is 0 Å². The zero-order chi connectivity index (χ0) is 19.0. The van der Waals surface area contributed by atoms with Crippen molar-refractivity contribution in [1.29, 1.82) is 0 Å². The molecular formula is C17H10Cl2N2O5. The van der Waals surface area contributed by atoms with E-state index in [0.717, 1.165) is 11.0 Å². The molecule has 0 atom stereocenters. The van der Waals surface area contributed by atoms with Crippen LogP contribution in [0.5, 0.6) is 11.5 Å². The van der Waals surface area contributed by atoms with E-state index in [2.05, 4.69) is 0 Å². The lowest BCUT2D eigenvalue weighted by Gasteiger charge is -2.26. The fourth-order valence-corrected chi connectivity index (χ4v) is 2.85. The molecule has 3 N–H and O–H groups in total. The fraction of sp³-hybridized carbons (Fsp3) is 0. The number of anilines is 1. The summed E-state index contributed by atoms with van der Waals surface area (Å²) >= 11 is 11.7. The number of nitrogens with zero attached hydrogens (tertiary/aromatic N) is 1. The number of amides is 4. The second-order valence-electron chi connectivity index (χ2n) is 5.30. The Bertz CT molecular complexity index is 970. The number of rotatable bonds is 2. The number of nitrogens with one attached hydrogen (secondary N) is 1. The van der Waals surface area contributed by atoms with Crippen LogP contribution < -0.4 is 10.2 Å². The van der Waals surface area contributed by atoms with Gasteiger partial charge in [-0.2, -0.15) is 0 Å². The largest absolute Gasteiger partial charge is 0.508 e. The van der Waals surface area contributed by atoms with Crippen LogP contribution >= 0.6 is 23.2 Å². The number of urea groups is 1. The third-order valence-corrected chi connectivity index (χ3v) is 4.07. The minimum atomic E-state index is -0.934. The molecule has 1 saturated heterocycles. The summed E-state index contributed by atoms with van der Waals surface area (Å²) < 4.78 is 0. The first-order valence-electron chi connectivity index (χ1n) is 7.16. The van der Waals surface area contributed by atoms with E-state index in [1.54, 1.807) is 0 Å². The molecule has 0 radical (unpaired) electrons. The number of imide groups is 2. The predicted molar refractivity (Wildman–Crippen MR) is 95.2 cm³/mol. The zero-order valence-corrected chi connectivity index (χ0v) is 14.4. The first-order chi connectivity index (χ1) is 12.3. The van der Waals surface area contributed by atoms with E-state index in [0.29, 0.717) is 0 Å². The first-order valence-corrected chi connectivity index (χ1v) is 7.92. The van der Waals surface area contributed by atoms with Gasteiger partial charge in [0.05, 0.1) is 10.7 Å². The highest BCUT2D eigenvalue weighted by atomic mass is 35.5. The molecule has 26 heavy (non-hydrogen) atoms. The van der Waals surface area contributed by atoms with Gasteiger partial charge in [0.2, 0.25) is 0 Å². The normalized spacial score (nSPS) is 16.2. The number of benzene rings is 2. The van der Waals surface area contributed by atoms with Crippen LogP contribution in [0.25, 0.3) is 6.08 Å². The summed E-state index contributed by atoms with van der Waals surface area (Å²) in [5.41, 5.74) is -0.204. The van der Waals surface area contributed by atoms with Gasteiger partial charge >= 0.3 is 6.03 Å². The Kier molecular flexibility index (Phi) is 4.58. The van der Waals surface area contributed by atoms with Crippen LogP contribution in [-0.2, 0) is 9.59 Å². The summed E-state index contributed by atoms with van der Waals surface area (Å²) in [6, 6.07) is 6.95. The van der Waals surface area contributed by atoms with Crippen molar-refractivity contribution in [2.75, 3.05) is 4.90 Å². The van der Waals surface area contributed by atoms with Gasteiger partial charge < -0.3 is 10.2 Å². The van der Waals surface area contributed by atoms with Gasteiger partial charge in [0.1, 0.15) is 17.1 Å². The number of carbonyl (C=O) groups excluding carboxylic acids is 3. The molecule has 2 aromatic rings. The molecule has 1 aliphatic heterocycles. The number of hydrogen-bond acceptors (Lipinski definition) is 5. The van der Waals surface area contributed by atoms with E-state index in [4.69, 9.17) is 23.2 Å². The van der Waals surface area contributed by atoms with Gasteiger partial charge in [-0.15, -0.1) is 0 Å². The Morgan fingerprint density at radius 3 is 2.31 bits per heavy atom. The molecular weight excluding hydrogens is 383 g/mol. The smallest absolute Gasteiger partial charge is 0.335 e. The molecule has 0 aromatic heterocycles.